The Morgan fingerprint density at radius 3 is 2.33 bits per heavy atom. The van der Waals surface area contributed by atoms with Gasteiger partial charge in [0.25, 0.3) is 11.5 Å². The van der Waals surface area contributed by atoms with Gasteiger partial charge in [-0.3, -0.25) is 9.59 Å². The molecule has 27 heavy (non-hydrogen) atoms. The van der Waals surface area contributed by atoms with E-state index < -0.39 is 0 Å². The average molecular weight is 355 g/mol. The largest absolute Gasteiger partial charge is 0.321 e. The van der Waals surface area contributed by atoms with Crippen LogP contribution in [-0.2, 0) is 0 Å². The van der Waals surface area contributed by atoms with Crippen LogP contribution in [0.15, 0.2) is 83.7 Å². The number of carbonyl (C=O) groups excluding carboxylic acids is 1. The molecule has 1 aromatic heterocycles. The fourth-order valence-electron chi connectivity index (χ4n) is 3.01. The fourth-order valence-corrected chi connectivity index (χ4v) is 3.01. The van der Waals surface area contributed by atoms with Crippen LogP contribution < -0.4 is 10.9 Å². The maximum Gasteiger partial charge on any atom is 0.279 e. The minimum atomic E-state index is -0.360. The standard InChI is InChI=1S/C22H17N3O2/c1-15-8-7-9-16(14-15)23-21(26)20-18-12-5-6-13-19(18)22(27)25(24-20)17-10-3-2-4-11-17/h2-14H,1H3,(H,23,26). The molecular formula is C22H17N3O2. The highest BCUT2D eigenvalue weighted by Gasteiger charge is 2.17. The first-order valence-corrected chi connectivity index (χ1v) is 8.59. The lowest BCUT2D eigenvalue weighted by Crippen LogP contribution is -2.26. The third kappa shape index (κ3) is 3.22. The van der Waals surface area contributed by atoms with Crippen molar-refractivity contribution in [1.82, 2.24) is 9.78 Å². The summed E-state index contributed by atoms with van der Waals surface area (Å²) in [6.07, 6.45) is 0. The van der Waals surface area contributed by atoms with E-state index in [0.717, 1.165) is 5.56 Å². The van der Waals surface area contributed by atoms with E-state index in [2.05, 4.69) is 10.4 Å². The molecule has 5 nitrogen and oxygen atoms in total. The summed E-state index contributed by atoms with van der Waals surface area (Å²) < 4.78 is 1.27. The van der Waals surface area contributed by atoms with Gasteiger partial charge < -0.3 is 5.32 Å². The van der Waals surface area contributed by atoms with Gasteiger partial charge in [-0.25, -0.2) is 0 Å². The first-order chi connectivity index (χ1) is 13.1. The Balaban J connectivity index is 1.88. The van der Waals surface area contributed by atoms with Gasteiger partial charge >= 0.3 is 0 Å². The Bertz CT molecular complexity index is 1200. The summed E-state index contributed by atoms with van der Waals surface area (Å²) in [7, 11) is 0. The van der Waals surface area contributed by atoms with Crippen molar-refractivity contribution in [3.8, 4) is 5.69 Å². The SMILES string of the molecule is Cc1cccc(NC(=O)c2nn(-c3ccccc3)c(=O)c3ccccc23)c1. The van der Waals surface area contributed by atoms with Crippen molar-refractivity contribution in [3.63, 3.8) is 0 Å². The van der Waals surface area contributed by atoms with E-state index >= 15 is 0 Å². The molecule has 0 saturated heterocycles. The van der Waals surface area contributed by atoms with Crippen LogP contribution >= 0.6 is 0 Å². The summed E-state index contributed by atoms with van der Waals surface area (Å²) >= 11 is 0. The molecule has 0 aliphatic rings. The molecule has 1 amide bonds. The Labute approximate surface area is 155 Å². The van der Waals surface area contributed by atoms with E-state index in [9.17, 15) is 9.59 Å². The number of rotatable bonds is 3. The summed E-state index contributed by atoms with van der Waals surface area (Å²) in [6.45, 7) is 1.96. The quantitative estimate of drug-likeness (QED) is 0.605. The van der Waals surface area contributed by atoms with Crippen molar-refractivity contribution < 1.29 is 4.79 Å². The number of hydrogen-bond acceptors (Lipinski definition) is 3. The fraction of sp³-hybridized carbons (Fsp3) is 0.0455. The van der Waals surface area contributed by atoms with Crippen molar-refractivity contribution in [2.75, 3.05) is 5.32 Å². The molecule has 1 heterocycles. The van der Waals surface area contributed by atoms with E-state index in [1.807, 2.05) is 49.4 Å². The third-order valence-corrected chi connectivity index (χ3v) is 4.30. The smallest absolute Gasteiger partial charge is 0.279 e. The van der Waals surface area contributed by atoms with E-state index in [-0.39, 0.29) is 17.2 Å². The van der Waals surface area contributed by atoms with Gasteiger partial charge in [0.15, 0.2) is 5.69 Å². The van der Waals surface area contributed by atoms with Crippen molar-refractivity contribution in [3.05, 3.63) is 100 Å². The molecular weight excluding hydrogens is 338 g/mol. The van der Waals surface area contributed by atoms with Gasteiger partial charge in [-0.2, -0.15) is 9.78 Å². The van der Waals surface area contributed by atoms with Crippen LogP contribution in [0.2, 0.25) is 0 Å². The first-order valence-electron chi connectivity index (χ1n) is 8.59. The molecule has 4 rings (SSSR count). The van der Waals surface area contributed by atoms with Gasteiger partial charge in [0, 0.05) is 11.1 Å². The number of aryl methyl sites for hydroxylation is 1. The number of carbonyl (C=O) groups is 1. The number of para-hydroxylation sites is 1. The molecule has 0 atom stereocenters. The Morgan fingerprint density at radius 1 is 0.889 bits per heavy atom. The molecule has 1 N–H and O–H groups in total. The molecule has 5 heteroatoms. The number of hydrogen-bond donors (Lipinski definition) is 1. The summed E-state index contributed by atoms with van der Waals surface area (Å²) in [5, 5.41) is 8.23. The van der Waals surface area contributed by atoms with Crippen LogP contribution in [0, 0.1) is 6.92 Å². The van der Waals surface area contributed by atoms with Crippen LogP contribution in [0.3, 0.4) is 0 Å². The highest BCUT2D eigenvalue weighted by molar-refractivity contribution is 6.11. The average Bonchev–Trinajstić information content (AvgIpc) is 2.69. The summed E-state index contributed by atoms with van der Waals surface area (Å²) in [5.41, 5.74) is 2.28. The maximum absolute atomic E-state index is 12.9. The van der Waals surface area contributed by atoms with Crippen LogP contribution in [0.4, 0.5) is 5.69 Å². The van der Waals surface area contributed by atoms with Gasteiger partial charge in [-0.05, 0) is 42.8 Å². The Hall–Kier alpha value is -3.73. The minimum absolute atomic E-state index is 0.204. The molecule has 0 saturated carbocycles. The van der Waals surface area contributed by atoms with Gasteiger partial charge in [0.1, 0.15) is 0 Å². The topological polar surface area (TPSA) is 64.0 Å². The molecule has 3 aromatic carbocycles. The van der Waals surface area contributed by atoms with Crippen LogP contribution in [0.5, 0.6) is 0 Å². The summed E-state index contributed by atoms with van der Waals surface area (Å²) in [6, 6.07) is 23.6. The van der Waals surface area contributed by atoms with Crippen LogP contribution in [0.25, 0.3) is 16.5 Å². The van der Waals surface area contributed by atoms with Gasteiger partial charge in [-0.15, -0.1) is 0 Å². The maximum atomic E-state index is 12.9. The number of aromatic nitrogens is 2. The van der Waals surface area contributed by atoms with Crippen molar-refractivity contribution in [2.45, 2.75) is 6.92 Å². The molecule has 0 unspecified atom stereocenters. The molecule has 0 radical (unpaired) electrons. The lowest BCUT2D eigenvalue weighted by molar-refractivity contribution is 0.102. The minimum Gasteiger partial charge on any atom is -0.321 e. The number of benzene rings is 3. The molecule has 0 spiro atoms. The second kappa shape index (κ2) is 6.88. The number of nitrogens with zero attached hydrogens (tertiary/aromatic N) is 2. The lowest BCUT2D eigenvalue weighted by Gasteiger charge is -2.11. The van der Waals surface area contributed by atoms with Crippen LogP contribution in [0.1, 0.15) is 16.1 Å². The molecule has 0 bridgehead atoms. The third-order valence-electron chi connectivity index (χ3n) is 4.30. The monoisotopic (exact) mass is 355 g/mol. The van der Waals surface area contributed by atoms with Gasteiger partial charge in [-0.1, -0.05) is 48.5 Å². The molecule has 4 aromatic rings. The number of nitrogens with one attached hydrogen (secondary N) is 1. The normalized spacial score (nSPS) is 10.7. The summed E-state index contributed by atoms with van der Waals surface area (Å²) in [5.74, 6) is -0.360. The van der Waals surface area contributed by atoms with Gasteiger partial charge in [0.05, 0.1) is 11.1 Å². The number of anilines is 1. The number of fused-ring (bicyclic) bond motifs is 1. The molecule has 0 aliphatic heterocycles. The van der Waals surface area contributed by atoms with E-state index in [1.165, 1.54) is 4.68 Å². The van der Waals surface area contributed by atoms with Crippen molar-refractivity contribution in [1.29, 1.82) is 0 Å². The van der Waals surface area contributed by atoms with E-state index in [0.29, 0.717) is 22.1 Å². The van der Waals surface area contributed by atoms with Crippen LogP contribution in [-0.4, -0.2) is 15.7 Å². The first kappa shape index (κ1) is 16.7. The zero-order valence-electron chi connectivity index (χ0n) is 14.7. The summed E-state index contributed by atoms with van der Waals surface area (Å²) in [4.78, 5) is 25.8. The highest BCUT2D eigenvalue weighted by Crippen LogP contribution is 2.17. The lowest BCUT2D eigenvalue weighted by atomic mass is 10.1. The zero-order valence-corrected chi connectivity index (χ0v) is 14.7. The Kier molecular flexibility index (Phi) is 4.26. The number of amides is 1. The van der Waals surface area contributed by atoms with Crippen molar-refractivity contribution >= 4 is 22.4 Å². The van der Waals surface area contributed by atoms with Gasteiger partial charge in [0.2, 0.25) is 0 Å². The van der Waals surface area contributed by atoms with E-state index in [1.54, 1.807) is 36.4 Å². The molecule has 0 fully saturated rings. The molecule has 0 aliphatic carbocycles. The molecule has 132 valence electrons. The second-order valence-corrected chi connectivity index (χ2v) is 6.27. The highest BCUT2D eigenvalue weighted by atomic mass is 16.2. The zero-order chi connectivity index (χ0) is 18.8. The van der Waals surface area contributed by atoms with E-state index in [4.69, 9.17) is 0 Å². The van der Waals surface area contributed by atoms with Crippen molar-refractivity contribution in [2.24, 2.45) is 0 Å². The predicted molar refractivity (Wildman–Crippen MR) is 106 cm³/mol. The second-order valence-electron chi connectivity index (χ2n) is 6.27. The Morgan fingerprint density at radius 2 is 1.59 bits per heavy atom. The predicted octanol–water partition coefficient (Wildman–Crippen LogP) is 3.95.